The summed E-state index contributed by atoms with van der Waals surface area (Å²) in [6.45, 7) is 0. The Labute approximate surface area is 211 Å². The van der Waals surface area contributed by atoms with Crippen molar-refractivity contribution in [2.24, 2.45) is 0 Å². The van der Waals surface area contributed by atoms with Crippen molar-refractivity contribution >= 4 is 54.2 Å². The van der Waals surface area contributed by atoms with Gasteiger partial charge in [0.1, 0.15) is 33.6 Å². The third-order valence-electron chi connectivity index (χ3n) is 5.56. The van der Waals surface area contributed by atoms with E-state index >= 15 is 0 Å². The molecular formula is C24H21BrFN5O3S. The molecule has 0 aliphatic heterocycles. The monoisotopic (exact) mass is 557 g/mol. The molecule has 2 aromatic carbocycles. The van der Waals surface area contributed by atoms with E-state index in [0.29, 0.717) is 33.3 Å². The lowest BCUT2D eigenvalue weighted by Crippen LogP contribution is -2.22. The molecule has 0 aliphatic rings. The van der Waals surface area contributed by atoms with Gasteiger partial charge >= 0.3 is 0 Å². The van der Waals surface area contributed by atoms with Crippen LogP contribution in [0.4, 0.5) is 10.1 Å². The molecule has 11 heteroatoms. The fourth-order valence-corrected chi connectivity index (χ4v) is 4.46. The molecular weight excluding hydrogens is 537 g/mol. The number of carbonyl (C=O) groups excluding carboxylic acids is 1. The number of carbonyl (C=O) groups is 1. The van der Waals surface area contributed by atoms with E-state index in [1.165, 1.54) is 42.1 Å². The molecule has 0 saturated carbocycles. The van der Waals surface area contributed by atoms with E-state index in [2.05, 4.69) is 21.2 Å². The van der Waals surface area contributed by atoms with Gasteiger partial charge in [0.2, 0.25) is 0 Å². The number of furan rings is 1. The van der Waals surface area contributed by atoms with E-state index in [1.807, 2.05) is 0 Å². The van der Waals surface area contributed by atoms with Crippen molar-refractivity contribution < 1.29 is 17.8 Å². The van der Waals surface area contributed by atoms with E-state index in [1.54, 1.807) is 41.8 Å². The first kappa shape index (κ1) is 24.6. The smallest absolute Gasteiger partial charge is 0.255 e. The van der Waals surface area contributed by atoms with Crippen LogP contribution in [-0.4, -0.2) is 39.8 Å². The molecule has 1 atom stereocenters. The molecule has 2 aromatic heterocycles. The summed E-state index contributed by atoms with van der Waals surface area (Å²) >= 11 is 3.10. The quantitative estimate of drug-likeness (QED) is 0.248. The Kier molecular flexibility index (Phi) is 6.73. The Morgan fingerprint density at radius 1 is 1.17 bits per heavy atom. The summed E-state index contributed by atoms with van der Waals surface area (Å²) < 4.78 is 34.9. The van der Waals surface area contributed by atoms with Gasteiger partial charge in [-0.15, -0.1) is 0 Å². The Morgan fingerprint density at radius 2 is 1.83 bits per heavy atom. The molecule has 0 radical (unpaired) electrons. The number of fused-ring (bicyclic) bond motifs is 1. The number of hydrogen-bond donors (Lipinski definition) is 3. The minimum Gasteiger partial charge on any atom is -0.455 e. The SMILES string of the molecule is CNC(=O)c1c(-c2ccc(F)cc2)oc2cc(N(C)S(C)=O)c(-c3ccc(=N)n(C(=N)Br)c3)cc12. The summed E-state index contributed by atoms with van der Waals surface area (Å²) in [5.74, 6) is -0.513. The lowest BCUT2D eigenvalue weighted by atomic mass is 9.99. The van der Waals surface area contributed by atoms with Crippen molar-refractivity contribution in [3.8, 4) is 22.5 Å². The highest BCUT2D eigenvalue weighted by atomic mass is 79.9. The van der Waals surface area contributed by atoms with Gasteiger partial charge in [-0.05, 0) is 58.4 Å². The number of rotatable bonds is 5. The summed E-state index contributed by atoms with van der Waals surface area (Å²) in [5.41, 5.74) is 3.10. The Hall–Kier alpha value is -3.57. The molecule has 8 nitrogen and oxygen atoms in total. The molecule has 35 heavy (non-hydrogen) atoms. The lowest BCUT2D eigenvalue weighted by molar-refractivity contribution is 0.0964. The highest BCUT2D eigenvalue weighted by molar-refractivity contribution is 9.18. The fraction of sp³-hybridized carbons (Fsp3) is 0.125. The van der Waals surface area contributed by atoms with Gasteiger partial charge in [0.05, 0.1) is 11.3 Å². The average Bonchev–Trinajstić information content (AvgIpc) is 3.21. The molecule has 0 spiro atoms. The topological polar surface area (TPSA) is 115 Å². The van der Waals surface area contributed by atoms with Crippen LogP contribution in [0.25, 0.3) is 33.4 Å². The number of nitrogens with zero attached hydrogens (tertiary/aromatic N) is 2. The van der Waals surface area contributed by atoms with Crippen LogP contribution in [0.1, 0.15) is 10.4 Å². The van der Waals surface area contributed by atoms with Crippen molar-refractivity contribution in [2.75, 3.05) is 24.7 Å². The maximum atomic E-state index is 13.5. The van der Waals surface area contributed by atoms with Crippen LogP contribution in [0.5, 0.6) is 0 Å². The van der Waals surface area contributed by atoms with Crippen molar-refractivity contribution in [3.63, 3.8) is 0 Å². The predicted octanol–water partition coefficient (Wildman–Crippen LogP) is 4.45. The number of halogens is 2. The van der Waals surface area contributed by atoms with Crippen LogP contribution in [0.15, 0.2) is 59.1 Å². The van der Waals surface area contributed by atoms with Gasteiger partial charge < -0.3 is 9.73 Å². The van der Waals surface area contributed by atoms with E-state index in [0.717, 1.165) is 0 Å². The number of pyridine rings is 1. The molecule has 4 aromatic rings. The molecule has 1 amide bonds. The molecule has 0 saturated heterocycles. The highest BCUT2D eigenvalue weighted by Crippen LogP contribution is 2.40. The number of benzene rings is 2. The number of nitrogens with one attached hydrogen (secondary N) is 3. The maximum absolute atomic E-state index is 13.5. The number of anilines is 1. The normalized spacial score (nSPS) is 11.9. The van der Waals surface area contributed by atoms with E-state index in [9.17, 15) is 13.4 Å². The van der Waals surface area contributed by atoms with Crippen molar-refractivity contribution in [3.05, 3.63) is 71.6 Å². The molecule has 0 bridgehead atoms. The Bertz CT molecular complexity index is 1560. The van der Waals surface area contributed by atoms with Crippen LogP contribution >= 0.6 is 15.9 Å². The standard InChI is InChI=1S/C24H21BrFN5O3S/c1-29-23(32)21-17-10-16(14-6-9-20(27)31(12-14)24(25)28)18(30(2)35(3)33)11-19(17)34-22(21)13-4-7-15(26)8-5-13/h4-12,27-28H,1-3H3,(H,29,32). The third-order valence-corrected chi connectivity index (χ3v) is 6.91. The minimum atomic E-state index is -1.38. The first-order valence-corrected chi connectivity index (χ1v) is 12.6. The Balaban J connectivity index is 2.08. The molecule has 180 valence electrons. The molecule has 1 unspecified atom stereocenters. The van der Waals surface area contributed by atoms with E-state index in [4.69, 9.17) is 15.2 Å². The van der Waals surface area contributed by atoms with Crippen LogP contribution in [0, 0.1) is 16.6 Å². The van der Waals surface area contributed by atoms with Gasteiger partial charge in [0.25, 0.3) is 5.91 Å². The summed E-state index contributed by atoms with van der Waals surface area (Å²) in [6, 6.07) is 12.4. The molecule has 2 heterocycles. The number of hydrogen-bond acceptors (Lipinski definition) is 5. The summed E-state index contributed by atoms with van der Waals surface area (Å²) in [6.07, 6.45) is 3.15. The van der Waals surface area contributed by atoms with E-state index < -0.39 is 16.8 Å². The summed E-state index contributed by atoms with van der Waals surface area (Å²) in [4.78, 5) is 12.9. The Morgan fingerprint density at radius 3 is 2.43 bits per heavy atom. The second-order valence-corrected chi connectivity index (χ2v) is 9.79. The predicted molar refractivity (Wildman–Crippen MR) is 139 cm³/mol. The molecule has 0 aliphatic carbocycles. The molecule has 0 fully saturated rings. The second kappa shape index (κ2) is 9.59. The summed E-state index contributed by atoms with van der Waals surface area (Å²) in [5, 5.41) is 19.1. The largest absolute Gasteiger partial charge is 0.455 e. The molecule has 4 rings (SSSR count). The third kappa shape index (κ3) is 4.56. The maximum Gasteiger partial charge on any atom is 0.255 e. The van der Waals surface area contributed by atoms with Gasteiger partial charge in [-0.25, -0.2) is 8.60 Å². The van der Waals surface area contributed by atoms with Crippen molar-refractivity contribution in [1.82, 2.24) is 9.88 Å². The van der Waals surface area contributed by atoms with Crippen molar-refractivity contribution in [1.29, 1.82) is 10.8 Å². The van der Waals surface area contributed by atoms with Crippen molar-refractivity contribution in [2.45, 2.75) is 0 Å². The average molecular weight is 558 g/mol. The van der Waals surface area contributed by atoms with Gasteiger partial charge in [0, 0.05) is 54.7 Å². The van der Waals surface area contributed by atoms with Gasteiger partial charge in [-0.2, -0.15) is 0 Å². The first-order valence-electron chi connectivity index (χ1n) is 10.3. The first-order chi connectivity index (χ1) is 16.6. The van der Waals surface area contributed by atoms with Crippen LogP contribution in [0.2, 0.25) is 0 Å². The zero-order chi connectivity index (χ0) is 25.4. The zero-order valence-electron chi connectivity index (χ0n) is 19.0. The highest BCUT2D eigenvalue weighted by Gasteiger charge is 2.25. The number of amides is 1. The number of aromatic nitrogens is 1. The van der Waals surface area contributed by atoms with Crippen LogP contribution in [-0.2, 0) is 11.0 Å². The van der Waals surface area contributed by atoms with Crippen LogP contribution < -0.4 is 15.1 Å². The van der Waals surface area contributed by atoms with Gasteiger partial charge in [-0.3, -0.25) is 24.5 Å². The lowest BCUT2D eigenvalue weighted by Gasteiger charge is -2.20. The molecule has 3 N–H and O–H groups in total. The van der Waals surface area contributed by atoms with Gasteiger partial charge in [0.15, 0.2) is 4.74 Å². The second-order valence-electron chi connectivity index (χ2n) is 7.64. The summed E-state index contributed by atoms with van der Waals surface area (Å²) in [7, 11) is 1.80. The zero-order valence-corrected chi connectivity index (χ0v) is 21.4. The van der Waals surface area contributed by atoms with E-state index in [-0.39, 0.29) is 27.5 Å². The van der Waals surface area contributed by atoms with Gasteiger partial charge in [-0.1, -0.05) is 0 Å². The van der Waals surface area contributed by atoms with Crippen LogP contribution in [0.3, 0.4) is 0 Å². The minimum absolute atomic E-state index is 0.0210. The fourth-order valence-electron chi connectivity index (χ4n) is 3.74.